The van der Waals surface area contributed by atoms with Crippen LogP contribution >= 0.6 is 22.9 Å². The summed E-state index contributed by atoms with van der Waals surface area (Å²) >= 11 is 7.52. The highest BCUT2D eigenvalue weighted by atomic mass is 35.5. The molecule has 3 aromatic rings. The van der Waals surface area contributed by atoms with Gasteiger partial charge in [0.1, 0.15) is 5.82 Å². The molecule has 0 unspecified atom stereocenters. The first-order chi connectivity index (χ1) is 13.6. The Morgan fingerprint density at radius 2 is 1.79 bits per heavy atom. The van der Waals surface area contributed by atoms with E-state index in [0.717, 1.165) is 16.4 Å². The molecule has 8 heteroatoms. The predicted molar refractivity (Wildman–Crippen MR) is 112 cm³/mol. The second-order valence-electron chi connectivity index (χ2n) is 6.41. The van der Waals surface area contributed by atoms with Crippen LogP contribution < -0.4 is 10.2 Å². The second kappa shape index (κ2) is 8.16. The molecule has 1 N–H and O–H groups in total. The van der Waals surface area contributed by atoms with Crippen LogP contribution in [0.5, 0.6) is 0 Å². The molecule has 2 aromatic carbocycles. The van der Waals surface area contributed by atoms with E-state index in [2.05, 4.69) is 10.2 Å². The SMILES string of the molecule is O=C(Nc1ccccc1F)N1CCN(c2nc(-c3ccc(Cl)cc3)cs2)CC1. The van der Waals surface area contributed by atoms with Crippen LogP contribution in [0.25, 0.3) is 11.3 Å². The summed E-state index contributed by atoms with van der Waals surface area (Å²) < 4.78 is 13.7. The van der Waals surface area contributed by atoms with Gasteiger partial charge in [-0.05, 0) is 24.3 Å². The Kier molecular flexibility index (Phi) is 5.45. The van der Waals surface area contributed by atoms with E-state index in [9.17, 15) is 9.18 Å². The minimum absolute atomic E-state index is 0.197. The summed E-state index contributed by atoms with van der Waals surface area (Å²) in [6.45, 7) is 2.46. The third kappa shape index (κ3) is 4.10. The fraction of sp³-hybridized carbons (Fsp3) is 0.200. The summed E-state index contributed by atoms with van der Waals surface area (Å²) in [5, 5.41) is 6.29. The van der Waals surface area contributed by atoms with Crippen LogP contribution in [0.3, 0.4) is 0 Å². The number of piperazine rings is 1. The van der Waals surface area contributed by atoms with Gasteiger partial charge in [-0.1, -0.05) is 35.9 Å². The average Bonchev–Trinajstić information content (AvgIpc) is 3.20. The van der Waals surface area contributed by atoms with Gasteiger partial charge in [-0.3, -0.25) is 0 Å². The van der Waals surface area contributed by atoms with Gasteiger partial charge in [-0.25, -0.2) is 14.2 Å². The van der Waals surface area contributed by atoms with Crippen molar-refractivity contribution in [1.82, 2.24) is 9.88 Å². The predicted octanol–water partition coefficient (Wildman–Crippen LogP) is 4.96. The first kappa shape index (κ1) is 18.7. The number of hydrogen-bond acceptors (Lipinski definition) is 4. The van der Waals surface area contributed by atoms with Crippen LogP contribution in [0, 0.1) is 5.82 Å². The standard InChI is InChI=1S/C20H18ClFN4OS/c21-15-7-5-14(6-8-15)18-13-28-20(24-18)26-11-9-25(10-12-26)19(27)23-17-4-2-1-3-16(17)22/h1-8,13H,9-12H2,(H,23,27). The number of nitrogens with zero attached hydrogens (tertiary/aromatic N) is 3. The summed E-state index contributed by atoms with van der Waals surface area (Å²) in [5.41, 5.74) is 2.13. The lowest BCUT2D eigenvalue weighted by Crippen LogP contribution is -2.50. The van der Waals surface area contributed by atoms with Crippen LogP contribution in [-0.4, -0.2) is 42.1 Å². The van der Waals surface area contributed by atoms with Gasteiger partial charge in [0.05, 0.1) is 11.4 Å². The monoisotopic (exact) mass is 416 g/mol. The van der Waals surface area contributed by atoms with Gasteiger partial charge in [-0.2, -0.15) is 0 Å². The summed E-state index contributed by atoms with van der Waals surface area (Å²) in [7, 11) is 0. The number of carbonyl (C=O) groups excluding carboxylic acids is 1. The highest BCUT2D eigenvalue weighted by molar-refractivity contribution is 7.14. The van der Waals surface area contributed by atoms with Crippen LogP contribution in [0.4, 0.5) is 20.0 Å². The fourth-order valence-electron chi connectivity index (χ4n) is 3.02. The van der Waals surface area contributed by atoms with Gasteiger partial charge in [0.25, 0.3) is 0 Å². The Morgan fingerprint density at radius 1 is 1.07 bits per heavy atom. The van der Waals surface area contributed by atoms with Gasteiger partial charge in [-0.15, -0.1) is 11.3 Å². The quantitative estimate of drug-likeness (QED) is 0.656. The maximum Gasteiger partial charge on any atom is 0.322 e. The van der Waals surface area contributed by atoms with E-state index in [0.29, 0.717) is 31.2 Å². The Balaban J connectivity index is 1.36. The van der Waals surface area contributed by atoms with Crippen LogP contribution in [-0.2, 0) is 0 Å². The molecule has 2 heterocycles. The Labute approximate surface area is 171 Å². The number of anilines is 2. The minimum atomic E-state index is -0.438. The van der Waals surface area contributed by atoms with Crippen molar-refractivity contribution in [2.24, 2.45) is 0 Å². The summed E-state index contributed by atoms with van der Waals surface area (Å²) in [4.78, 5) is 21.0. The third-order valence-electron chi connectivity index (χ3n) is 4.58. The molecular formula is C20H18ClFN4OS. The van der Waals surface area contributed by atoms with E-state index >= 15 is 0 Å². The van der Waals surface area contributed by atoms with Crippen LogP contribution in [0.15, 0.2) is 53.9 Å². The topological polar surface area (TPSA) is 48.5 Å². The number of para-hydroxylation sites is 1. The number of nitrogens with one attached hydrogen (secondary N) is 1. The molecule has 144 valence electrons. The molecule has 0 atom stereocenters. The Hall–Kier alpha value is -2.64. The number of amides is 2. The van der Waals surface area contributed by atoms with Crippen molar-refractivity contribution in [2.45, 2.75) is 0 Å². The molecule has 28 heavy (non-hydrogen) atoms. The Morgan fingerprint density at radius 3 is 2.50 bits per heavy atom. The van der Waals surface area contributed by atoms with Crippen molar-refractivity contribution >= 4 is 39.8 Å². The molecule has 5 nitrogen and oxygen atoms in total. The number of hydrogen-bond donors (Lipinski definition) is 1. The van der Waals surface area contributed by atoms with Gasteiger partial charge in [0.2, 0.25) is 0 Å². The number of benzene rings is 2. The summed E-state index contributed by atoms with van der Waals surface area (Å²) in [6.07, 6.45) is 0. The molecule has 0 bridgehead atoms. The van der Waals surface area contributed by atoms with Crippen molar-refractivity contribution in [3.8, 4) is 11.3 Å². The van der Waals surface area contributed by atoms with E-state index in [1.165, 1.54) is 6.07 Å². The van der Waals surface area contributed by atoms with E-state index in [1.54, 1.807) is 34.4 Å². The molecule has 2 amide bonds. The molecule has 1 fully saturated rings. The van der Waals surface area contributed by atoms with Gasteiger partial charge in [0.15, 0.2) is 5.13 Å². The van der Waals surface area contributed by atoms with Crippen molar-refractivity contribution in [3.63, 3.8) is 0 Å². The fourth-order valence-corrected chi connectivity index (χ4v) is 4.03. The lowest BCUT2D eigenvalue weighted by molar-refractivity contribution is 0.208. The molecule has 1 aromatic heterocycles. The van der Waals surface area contributed by atoms with Crippen molar-refractivity contribution in [3.05, 3.63) is 64.8 Å². The molecule has 0 saturated carbocycles. The molecule has 1 saturated heterocycles. The zero-order valence-electron chi connectivity index (χ0n) is 14.9. The number of thiazole rings is 1. The lowest BCUT2D eigenvalue weighted by atomic mass is 10.2. The number of urea groups is 1. The van der Waals surface area contributed by atoms with Crippen LogP contribution in [0.1, 0.15) is 0 Å². The van der Waals surface area contributed by atoms with E-state index in [1.807, 2.05) is 29.6 Å². The minimum Gasteiger partial charge on any atom is -0.345 e. The zero-order chi connectivity index (χ0) is 19.5. The molecule has 0 spiro atoms. The van der Waals surface area contributed by atoms with E-state index in [4.69, 9.17) is 16.6 Å². The van der Waals surface area contributed by atoms with Gasteiger partial charge < -0.3 is 15.1 Å². The van der Waals surface area contributed by atoms with E-state index in [-0.39, 0.29) is 11.7 Å². The lowest BCUT2D eigenvalue weighted by Gasteiger charge is -2.34. The number of halogens is 2. The number of carbonyl (C=O) groups is 1. The highest BCUT2D eigenvalue weighted by Crippen LogP contribution is 2.29. The normalized spacial score (nSPS) is 14.2. The average molecular weight is 417 g/mol. The smallest absolute Gasteiger partial charge is 0.322 e. The van der Waals surface area contributed by atoms with Crippen molar-refractivity contribution < 1.29 is 9.18 Å². The van der Waals surface area contributed by atoms with Crippen molar-refractivity contribution in [2.75, 3.05) is 36.4 Å². The summed E-state index contributed by atoms with van der Waals surface area (Å²) in [5.74, 6) is -0.438. The van der Waals surface area contributed by atoms with Gasteiger partial charge >= 0.3 is 6.03 Å². The first-order valence-electron chi connectivity index (χ1n) is 8.87. The van der Waals surface area contributed by atoms with Crippen molar-refractivity contribution in [1.29, 1.82) is 0 Å². The zero-order valence-corrected chi connectivity index (χ0v) is 16.5. The Bertz CT molecular complexity index is 970. The van der Waals surface area contributed by atoms with E-state index < -0.39 is 5.82 Å². The molecule has 0 aliphatic carbocycles. The maximum atomic E-state index is 13.7. The molecule has 1 aliphatic rings. The number of rotatable bonds is 3. The largest absolute Gasteiger partial charge is 0.345 e. The third-order valence-corrected chi connectivity index (χ3v) is 5.74. The molecular weight excluding hydrogens is 399 g/mol. The second-order valence-corrected chi connectivity index (χ2v) is 7.68. The van der Waals surface area contributed by atoms with Gasteiger partial charge in [0, 0.05) is 42.1 Å². The summed E-state index contributed by atoms with van der Waals surface area (Å²) in [6, 6.07) is 13.5. The van der Waals surface area contributed by atoms with Crippen LogP contribution in [0.2, 0.25) is 5.02 Å². The highest BCUT2D eigenvalue weighted by Gasteiger charge is 2.23. The maximum absolute atomic E-state index is 13.7. The number of aromatic nitrogens is 1. The molecule has 1 aliphatic heterocycles. The molecule has 0 radical (unpaired) electrons. The molecule has 4 rings (SSSR count). The first-order valence-corrected chi connectivity index (χ1v) is 10.1.